The molecular formula is C14H13BrN2O. The van der Waals surface area contributed by atoms with Crippen LogP contribution in [0.25, 0.3) is 6.08 Å². The van der Waals surface area contributed by atoms with Crippen LogP contribution in [0, 0.1) is 0 Å². The van der Waals surface area contributed by atoms with Crippen LogP contribution in [0.3, 0.4) is 0 Å². The van der Waals surface area contributed by atoms with Crippen molar-refractivity contribution in [3.8, 4) is 5.88 Å². The standard InChI is InChI=1S/C14H13BrN2O/c15-12-9-13(16)14(17-10-12)18-8-4-7-11-5-2-1-3-6-11/h1-7,9-10H,8,16H2/b7-4+. The maximum Gasteiger partial charge on any atom is 0.237 e. The largest absolute Gasteiger partial charge is 0.472 e. The SMILES string of the molecule is Nc1cc(Br)cnc1OC/C=C/c1ccccc1. The summed E-state index contributed by atoms with van der Waals surface area (Å²) >= 11 is 3.30. The molecule has 0 saturated heterocycles. The van der Waals surface area contributed by atoms with E-state index in [1.54, 1.807) is 12.3 Å². The summed E-state index contributed by atoms with van der Waals surface area (Å²) in [6, 6.07) is 11.8. The second-order valence-corrected chi connectivity index (χ2v) is 4.59. The van der Waals surface area contributed by atoms with Crippen LogP contribution in [0.2, 0.25) is 0 Å². The fraction of sp³-hybridized carbons (Fsp3) is 0.0714. The van der Waals surface area contributed by atoms with Crippen LogP contribution < -0.4 is 10.5 Å². The van der Waals surface area contributed by atoms with E-state index < -0.39 is 0 Å². The van der Waals surface area contributed by atoms with Gasteiger partial charge in [-0.1, -0.05) is 36.4 Å². The molecule has 0 amide bonds. The van der Waals surface area contributed by atoms with Gasteiger partial charge in [-0.05, 0) is 33.6 Å². The average molecular weight is 305 g/mol. The Hall–Kier alpha value is -1.81. The van der Waals surface area contributed by atoms with E-state index in [0.717, 1.165) is 10.0 Å². The molecular weight excluding hydrogens is 292 g/mol. The number of benzene rings is 1. The van der Waals surface area contributed by atoms with Gasteiger partial charge in [0.15, 0.2) is 0 Å². The van der Waals surface area contributed by atoms with E-state index in [1.165, 1.54) is 0 Å². The summed E-state index contributed by atoms with van der Waals surface area (Å²) in [4.78, 5) is 4.09. The maximum absolute atomic E-state index is 5.77. The zero-order valence-electron chi connectivity index (χ0n) is 9.71. The second-order valence-electron chi connectivity index (χ2n) is 3.67. The summed E-state index contributed by atoms with van der Waals surface area (Å²) in [6.07, 6.45) is 5.58. The van der Waals surface area contributed by atoms with Crippen molar-refractivity contribution in [2.75, 3.05) is 12.3 Å². The summed E-state index contributed by atoms with van der Waals surface area (Å²) in [5.41, 5.74) is 7.44. The Morgan fingerprint density at radius 2 is 2.06 bits per heavy atom. The van der Waals surface area contributed by atoms with E-state index in [2.05, 4.69) is 20.9 Å². The number of halogens is 1. The highest BCUT2D eigenvalue weighted by Gasteiger charge is 2.00. The van der Waals surface area contributed by atoms with E-state index in [0.29, 0.717) is 18.2 Å². The number of ether oxygens (including phenoxy) is 1. The quantitative estimate of drug-likeness (QED) is 0.940. The first kappa shape index (κ1) is 12.6. The normalized spacial score (nSPS) is 10.7. The predicted molar refractivity (Wildman–Crippen MR) is 77.3 cm³/mol. The molecule has 3 nitrogen and oxygen atoms in total. The number of rotatable bonds is 4. The molecule has 0 saturated carbocycles. The third-order valence-electron chi connectivity index (χ3n) is 2.27. The Labute approximate surface area is 114 Å². The summed E-state index contributed by atoms with van der Waals surface area (Å²) in [6.45, 7) is 0.438. The van der Waals surface area contributed by atoms with Crippen molar-refractivity contribution in [1.82, 2.24) is 4.98 Å². The van der Waals surface area contributed by atoms with E-state index in [4.69, 9.17) is 10.5 Å². The van der Waals surface area contributed by atoms with Crippen LogP contribution in [0.5, 0.6) is 5.88 Å². The lowest BCUT2D eigenvalue weighted by atomic mass is 10.2. The van der Waals surface area contributed by atoms with Crippen molar-refractivity contribution in [2.45, 2.75) is 0 Å². The third kappa shape index (κ3) is 3.60. The van der Waals surface area contributed by atoms with Crippen molar-refractivity contribution in [3.05, 3.63) is 58.7 Å². The van der Waals surface area contributed by atoms with Gasteiger partial charge >= 0.3 is 0 Å². The molecule has 0 bridgehead atoms. The molecule has 1 heterocycles. The van der Waals surface area contributed by atoms with Crippen molar-refractivity contribution in [1.29, 1.82) is 0 Å². The predicted octanol–water partition coefficient (Wildman–Crippen LogP) is 3.52. The van der Waals surface area contributed by atoms with Crippen molar-refractivity contribution in [3.63, 3.8) is 0 Å². The highest BCUT2D eigenvalue weighted by atomic mass is 79.9. The molecule has 1 aromatic carbocycles. The molecule has 0 atom stereocenters. The van der Waals surface area contributed by atoms with E-state index in [9.17, 15) is 0 Å². The molecule has 92 valence electrons. The minimum atomic E-state index is 0.438. The van der Waals surface area contributed by atoms with E-state index in [-0.39, 0.29) is 0 Å². The Balaban J connectivity index is 1.91. The first-order valence-electron chi connectivity index (χ1n) is 5.51. The molecule has 4 heteroatoms. The lowest BCUT2D eigenvalue weighted by molar-refractivity contribution is 0.351. The van der Waals surface area contributed by atoms with Gasteiger partial charge in [-0.3, -0.25) is 0 Å². The van der Waals surface area contributed by atoms with Gasteiger partial charge in [-0.15, -0.1) is 0 Å². The van der Waals surface area contributed by atoms with Crippen LogP contribution in [0.15, 0.2) is 53.1 Å². The molecule has 18 heavy (non-hydrogen) atoms. The fourth-order valence-electron chi connectivity index (χ4n) is 1.44. The molecule has 2 aromatic rings. The number of hydrogen-bond donors (Lipinski definition) is 1. The number of anilines is 1. The third-order valence-corrected chi connectivity index (χ3v) is 2.71. The van der Waals surface area contributed by atoms with Gasteiger partial charge in [0, 0.05) is 10.7 Å². The molecule has 0 aliphatic heterocycles. The van der Waals surface area contributed by atoms with Gasteiger partial charge in [0.2, 0.25) is 5.88 Å². The smallest absolute Gasteiger partial charge is 0.237 e. The number of hydrogen-bond acceptors (Lipinski definition) is 3. The van der Waals surface area contributed by atoms with Crippen LogP contribution in [0.1, 0.15) is 5.56 Å². The highest BCUT2D eigenvalue weighted by Crippen LogP contribution is 2.21. The number of nitrogens with zero attached hydrogens (tertiary/aromatic N) is 1. The molecule has 2 N–H and O–H groups in total. The number of nitrogen functional groups attached to an aromatic ring is 1. The molecule has 1 aromatic heterocycles. The molecule has 0 spiro atoms. The average Bonchev–Trinajstić information content (AvgIpc) is 2.38. The number of pyridine rings is 1. The summed E-state index contributed by atoms with van der Waals surface area (Å²) in [5, 5.41) is 0. The Bertz CT molecular complexity index is 541. The molecule has 0 aliphatic rings. The summed E-state index contributed by atoms with van der Waals surface area (Å²) in [7, 11) is 0. The topological polar surface area (TPSA) is 48.1 Å². The summed E-state index contributed by atoms with van der Waals surface area (Å²) < 4.78 is 6.31. The van der Waals surface area contributed by atoms with Crippen LogP contribution in [-0.2, 0) is 0 Å². The molecule has 0 aliphatic carbocycles. The van der Waals surface area contributed by atoms with E-state index >= 15 is 0 Å². The zero-order valence-corrected chi connectivity index (χ0v) is 11.3. The second kappa shape index (κ2) is 6.21. The fourth-order valence-corrected chi connectivity index (χ4v) is 1.79. The lowest BCUT2D eigenvalue weighted by Crippen LogP contribution is -1.99. The Kier molecular flexibility index (Phi) is 4.36. The van der Waals surface area contributed by atoms with Gasteiger partial charge in [0.1, 0.15) is 6.61 Å². The minimum Gasteiger partial charge on any atom is -0.472 e. The van der Waals surface area contributed by atoms with Crippen LogP contribution >= 0.6 is 15.9 Å². The van der Waals surface area contributed by atoms with Gasteiger partial charge < -0.3 is 10.5 Å². The Morgan fingerprint density at radius 1 is 1.28 bits per heavy atom. The first-order valence-corrected chi connectivity index (χ1v) is 6.30. The molecule has 0 fully saturated rings. The van der Waals surface area contributed by atoms with Gasteiger partial charge in [0.05, 0.1) is 5.69 Å². The van der Waals surface area contributed by atoms with Gasteiger partial charge in [-0.2, -0.15) is 0 Å². The summed E-state index contributed by atoms with van der Waals surface area (Å²) in [5.74, 6) is 0.455. The monoisotopic (exact) mass is 304 g/mol. The van der Waals surface area contributed by atoms with Gasteiger partial charge in [0.25, 0.3) is 0 Å². The maximum atomic E-state index is 5.77. The van der Waals surface area contributed by atoms with Crippen molar-refractivity contribution in [2.24, 2.45) is 0 Å². The molecule has 2 rings (SSSR count). The Morgan fingerprint density at radius 3 is 2.78 bits per heavy atom. The van der Waals surface area contributed by atoms with E-state index in [1.807, 2.05) is 42.5 Å². The van der Waals surface area contributed by atoms with Gasteiger partial charge in [-0.25, -0.2) is 4.98 Å². The van der Waals surface area contributed by atoms with Crippen molar-refractivity contribution < 1.29 is 4.74 Å². The lowest BCUT2D eigenvalue weighted by Gasteiger charge is -2.05. The van der Waals surface area contributed by atoms with Crippen LogP contribution in [-0.4, -0.2) is 11.6 Å². The zero-order chi connectivity index (χ0) is 12.8. The highest BCUT2D eigenvalue weighted by molar-refractivity contribution is 9.10. The number of aromatic nitrogens is 1. The van der Waals surface area contributed by atoms with Crippen molar-refractivity contribution >= 4 is 27.7 Å². The first-order chi connectivity index (χ1) is 8.75. The molecule has 0 radical (unpaired) electrons. The minimum absolute atomic E-state index is 0.438. The van der Waals surface area contributed by atoms with Crippen LogP contribution in [0.4, 0.5) is 5.69 Å². The number of nitrogens with two attached hydrogens (primary N) is 1. The molecule has 0 unspecified atom stereocenters.